The molecule has 0 atom stereocenters. The molecular formula is C14H17ClN2O3. The maximum atomic E-state index is 12.0. The van der Waals surface area contributed by atoms with E-state index in [0.29, 0.717) is 11.6 Å². The third kappa shape index (κ3) is 3.42. The summed E-state index contributed by atoms with van der Waals surface area (Å²) < 4.78 is 0. The Labute approximate surface area is 122 Å². The van der Waals surface area contributed by atoms with Gasteiger partial charge in [-0.05, 0) is 37.0 Å². The first-order valence-corrected chi connectivity index (χ1v) is 6.90. The summed E-state index contributed by atoms with van der Waals surface area (Å²) >= 11 is 5.86. The SMILES string of the molecule is CN(CC1CCC1)C(=O)Nc1ccc(C(=O)O)c(Cl)c1. The number of carbonyl (C=O) groups is 2. The second-order valence-electron chi connectivity index (χ2n) is 5.11. The van der Waals surface area contributed by atoms with E-state index in [1.165, 1.54) is 37.5 Å². The van der Waals surface area contributed by atoms with Gasteiger partial charge in [0.25, 0.3) is 0 Å². The minimum Gasteiger partial charge on any atom is -0.478 e. The Morgan fingerprint density at radius 3 is 2.65 bits per heavy atom. The van der Waals surface area contributed by atoms with Crippen molar-refractivity contribution in [3.8, 4) is 0 Å². The number of halogens is 1. The van der Waals surface area contributed by atoms with E-state index < -0.39 is 5.97 Å². The molecule has 20 heavy (non-hydrogen) atoms. The van der Waals surface area contributed by atoms with Crippen LogP contribution in [0.15, 0.2) is 18.2 Å². The Balaban J connectivity index is 1.96. The number of carboxylic acid groups (broad SMARTS) is 1. The Morgan fingerprint density at radius 2 is 2.15 bits per heavy atom. The van der Waals surface area contributed by atoms with Gasteiger partial charge in [0.2, 0.25) is 0 Å². The van der Waals surface area contributed by atoms with Crippen molar-refractivity contribution in [3.63, 3.8) is 0 Å². The minimum absolute atomic E-state index is 0.0208. The molecule has 1 aliphatic rings. The van der Waals surface area contributed by atoms with Crippen molar-refractivity contribution in [1.29, 1.82) is 0 Å². The van der Waals surface area contributed by atoms with Crippen LogP contribution in [0.1, 0.15) is 29.6 Å². The number of rotatable bonds is 4. The predicted octanol–water partition coefficient (Wildman–Crippen LogP) is 3.30. The summed E-state index contributed by atoms with van der Waals surface area (Å²) in [5.74, 6) is -0.487. The molecule has 2 N–H and O–H groups in total. The Hall–Kier alpha value is -1.75. The van der Waals surface area contributed by atoms with Gasteiger partial charge in [0.05, 0.1) is 10.6 Å². The molecule has 0 radical (unpaired) electrons. The van der Waals surface area contributed by atoms with Gasteiger partial charge in [0.15, 0.2) is 0 Å². The van der Waals surface area contributed by atoms with Crippen LogP contribution in [0, 0.1) is 5.92 Å². The number of amides is 2. The lowest BCUT2D eigenvalue weighted by atomic mass is 9.85. The largest absolute Gasteiger partial charge is 0.478 e. The number of carbonyl (C=O) groups excluding carboxylic acids is 1. The highest BCUT2D eigenvalue weighted by Gasteiger charge is 2.21. The first-order chi connectivity index (χ1) is 9.47. The van der Waals surface area contributed by atoms with Crippen LogP contribution >= 0.6 is 11.6 Å². The van der Waals surface area contributed by atoms with Crippen LogP contribution in [-0.4, -0.2) is 35.6 Å². The quantitative estimate of drug-likeness (QED) is 0.895. The number of carboxylic acids is 1. The highest BCUT2D eigenvalue weighted by atomic mass is 35.5. The molecule has 1 aromatic rings. The molecule has 0 heterocycles. The van der Waals surface area contributed by atoms with Crippen molar-refractivity contribution in [1.82, 2.24) is 4.90 Å². The molecule has 1 aromatic carbocycles. The minimum atomic E-state index is -1.09. The zero-order valence-corrected chi connectivity index (χ0v) is 12.0. The summed E-state index contributed by atoms with van der Waals surface area (Å²) in [6, 6.07) is 4.15. The molecule has 0 saturated heterocycles. The normalized spacial score (nSPS) is 14.5. The summed E-state index contributed by atoms with van der Waals surface area (Å²) in [6.45, 7) is 0.743. The molecular weight excluding hydrogens is 280 g/mol. The van der Waals surface area contributed by atoms with Gasteiger partial charge in [-0.25, -0.2) is 9.59 Å². The van der Waals surface area contributed by atoms with E-state index in [9.17, 15) is 9.59 Å². The van der Waals surface area contributed by atoms with Crippen LogP contribution in [0.3, 0.4) is 0 Å². The van der Waals surface area contributed by atoms with Crippen LogP contribution < -0.4 is 5.32 Å². The molecule has 0 aliphatic heterocycles. The Morgan fingerprint density at radius 1 is 1.45 bits per heavy atom. The Kier molecular flexibility index (Phi) is 4.49. The maximum absolute atomic E-state index is 12.0. The topological polar surface area (TPSA) is 69.6 Å². The average Bonchev–Trinajstić information content (AvgIpc) is 2.33. The fourth-order valence-electron chi connectivity index (χ4n) is 2.13. The number of urea groups is 1. The monoisotopic (exact) mass is 296 g/mol. The van der Waals surface area contributed by atoms with Gasteiger partial charge in [-0.3, -0.25) is 0 Å². The van der Waals surface area contributed by atoms with Crippen LogP contribution in [0.4, 0.5) is 10.5 Å². The molecule has 0 aromatic heterocycles. The van der Waals surface area contributed by atoms with E-state index in [-0.39, 0.29) is 16.6 Å². The number of anilines is 1. The number of benzene rings is 1. The number of hydrogen-bond donors (Lipinski definition) is 2. The Bertz CT molecular complexity index is 529. The van der Waals surface area contributed by atoms with E-state index in [0.717, 1.165) is 6.54 Å². The highest BCUT2D eigenvalue weighted by molar-refractivity contribution is 6.33. The molecule has 108 valence electrons. The molecule has 2 rings (SSSR count). The van der Waals surface area contributed by atoms with E-state index >= 15 is 0 Å². The van der Waals surface area contributed by atoms with Crippen molar-refractivity contribution in [2.75, 3.05) is 18.9 Å². The lowest BCUT2D eigenvalue weighted by molar-refractivity contribution is 0.0697. The van der Waals surface area contributed by atoms with E-state index in [1.54, 1.807) is 11.9 Å². The van der Waals surface area contributed by atoms with Gasteiger partial charge in [0.1, 0.15) is 0 Å². The number of aromatic carboxylic acids is 1. The second kappa shape index (κ2) is 6.13. The van der Waals surface area contributed by atoms with Gasteiger partial charge >= 0.3 is 12.0 Å². The molecule has 5 nitrogen and oxygen atoms in total. The summed E-state index contributed by atoms with van der Waals surface area (Å²) in [7, 11) is 1.75. The zero-order valence-electron chi connectivity index (χ0n) is 11.2. The molecule has 0 bridgehead atoms. The lowest BCUT2D eigenvalue weighted by Gasteiger charge is -2.30. The van der Waals surface area contributed by atoms with Gasteiger partial charge in [-0.2, -0.15) is 0 Å². The summed E-state index contributed by atoms with van der Waals surface area (Å²) in [5.41, 5.74) is 0.512. The van der Waals surface area contributed by atoms with Crippen LogP contribution in [0.2, 0.25) is 5.02 Å². The summed E-state index contributed by atoms with van der Waals surface area (Å²) in [6.07, 6.45) is 3.60. The van der Waals surface area contributed by atoms with Crippen LogP contribution in [-0.2, 0) is 0 Å². The standard InChI is InChI=1S/C14H17ClN2O3/c1-17(8-9-3-2-4-9)14(20)16-10-5-6-11(13(18)19)12(15)7-10/h5-7,9H,2-4,8H2,1H3,(H,16,20)(H,18,19). The van der Waals surface area contributed by atoms with E-state index in [2.05, 4.69) is 5.32 Å². The van der Waals surface area contributed by atoms with Gasteiger partial charge < -0.3 is 15.3 Å². The average molecular weight is 297 g/mol. The third-order valence-electron chi connectivity index (χ3n) is 3.55. The first kappa shape index (κ1) is 14.7. The summed E-state index contributed by atoms with van der Waals surface area (Å²) in [5, 5.41) is 11.7. The predicted molar refractivity (Wildman–Crippen MR) is 77.4 cm³/mol. The highest BCUT2D eigenvalue weighted by Crippen LogP contribution is 2.27. The summed E-state index contributed by atoms with van der Waals surface area (Å²) in [4.78, 5) is 24.5. The number of nitrogens with zero attached hydrogens (tertiary/aromatic N) is 1. The van der Waals surface area contributed by atoms with Gasteiger partial charge in [0, 0.05) is 19.3 Å². The molecule has 1 aliphatic carbocycles. The molecule has 0 unspecified atom stereocenters. The van der Waals surface area contributed by atoms with Gasteiger partial charge in [-0.15, -0.1) is 0 Å². The molecule has 1 saturated carbocycles. The van der Waals surface area contributed by atoms with Gasteiger partial charge in [-0.1, -0.05) is 18.0 Å². The van der Waals surface area contributed by atoms with Crippen molar-refractivity contribution in [2.45, 2.75) is 19.3 Å². The van der Waals surface area contributed by atoms with Crippen LogP contribution in [0.5, 0.6) is 0 Å². The first-order valence-electron chi connectivity index (χ1n) is 6.52. The lowest BCUT2D eigenvalue weighted by Crippen LogP contribution is -2.37. The fraction of sp³-hybridized carbons (Fsp3) is 0.429. The van der Waals surface area contributed by atoms with E-state index in [1.807, 2.05) is 0 Å². The van der Waals surface area contributed by atoms with E-state index in [4.69, 9.17) is 16.7 Å². The van der Waals surface area contributed by atoms with Crippen molar-refractivity contribution >= 4 is 29.3 Å². The molecule has 0 spiro atoms. The van der Waals surface area contributed by atoms with Crippen molar-refractivity contribution < 1.29 is 14.7 Å². The third-order valence-corrected chi connectivity index (χ3v) is 3.87. The van der Waals surface area contributed by atoms with Crippen molar-refractivity contribution in [3.05, 3.63) is 28.8 Å². The number of nitrogens with one attached hydrogen (secondary N) is 1. The molecule has 1 fully saturated rings. The maximum Gasteiger partial charge on any atom is 0.337 e. The number of hydrogen-bond acceptors (Lipinski definition) is 2. The fourth-order valence-corrected chi connectivity index (χ4v) is 2.39. The van der Waals surface area contributed by atoms with Crippen LogP contribution in [0.25, 0.3) is 0 Å². The zero-order chi connectivity index (χ0) is 14.7. The smallest absolute Gasteiger partial charge is 0.337 e. The molecule has 2 amide bonds. The molecule has 6 heteroatoms. The van der Waals surface area contributed by atoms with Crippen molar-refractivity contribution in [2.24, 2.45) is 5.92 Å². The second-order valence-corrected chi connectivity index (χ2v) is 5.51.